The minimum atomic E-state index is -1.09. The average Bonchev–Trinajstić information content (AvgIpc) is 1.65. The summed E-state index contributed by atoms with van der Waals surface area (Å²) in [5.74, 6) is 0. The Kier molecular flexibility index (Phi) is 3.78. The second kappa shape index (κ2) is 3.59. The van der Waals surface area contributed by atoms with Crippen LogP contribution in [-0.4, -0.2) is 14.9 Å². The van der Waals surface area contributed by atoms with Crippen LogP contribution in [0.1, 0.15) is 12.8 Å². The number of halogens is 1. The molecule has 1 heterocycles. The minimum absolute atomic E-state index is 0. The van der Waals surface area contributed by atoms with Gasteiger partial charge in [0.2, 0.25) is 0 Å². The molecule has 0 N–H and O–H groups in total. The fourth-order valence-corrected chi connectivity index (χ4v) is 3.02. The minimum Gasteiger partial charge on any atom is -0.417 e. The molecule has 1 aliphatic rings. The van der Waals surface area contributed by atoms with Crippen LogP contribution in [0, 0.1) is 0 Å². The van der Waals surface area contributed by atoms with Gasteiger partial charge in [0.1, 0.15) is 0 Å². The highest BCUT2D eigenvalue weighted by atomic mass is 35.5. The summed E-state index contributed by atoms with van der Waals surface area (Å²) in [6.45, 7) is 5.62. The van der Waals surface area contributed by atoms with Crippen LogP contribution in [0.5, 0.6) is 0 Å². The van der Waals surface area contributed by atoms with Crippen molar-refractivity contribution in [2.24, 2.45) is 0 Å². The largest absolute Gasteiger partial charge is 0.417 e. The summed E-state index contributed by atoms with van der Waals surface area (Å²) in [7, 11) is -1.09. The van der Waals surface area contributed by atoms with Gasteiger partial charge >= 0.3 is 0 Å². The van der Waals surface area contributed by atoms with Crippen molar-refractivity contribution in [1.82, 2.24) is 0 Å². The molecule has 56 valence electrons. The molecular weight excluding hydrogens is 152 g/mol. The van der Waals surface area contributed by atoms with E-state index in [0.29, 0.717) is 0 Å². The molecular formula is C6H15ClOSi. The Hall–Kier alpha value is 0.467. The zero-order valence-corrected chi connectivity index (χ0v) is 7.96. The van der Waals surface area contributed by atoms with Crippen molar-refractivity contribution in [3.05, 3.63) is 0 Å². The first-order chi connectivity index (χ1) is 3.71. The van der Waals surface area contributed by atoms with Gasteiger partial charge in [-0.05, 0) is 25.6 Å². The van der Waals surface area contributed by atoms with Gasteiger partial charge in [-0.25, -0.2) is 0 Å². The third kappa shape index (κ3) is 3.23. The van der Waals surface area contributed by atoms with Crippen LogP contribution in [-0.2, 0) is 4.43 Å². The third-order valence-electron chi connectivity index (χ3n) is 1.67. The molecule has 1 fully saturated rings. The van der Waals surface area contributed by atoms with Crippen molar-refractivity contribution in [1.29, 1.82) is 0 Å². The lowest BCUT2D eigenvalue weighted by molar-refractivity contribution is 0.275. The van der Waals surface area contributed by atoms with Gasteiger partial charge in [-0.1, -0.05) is 6.42 Å². The molecule has 0 aromatic carbocycles. The Balaban J connectivity index is 0.000000640. The van der Waals surface area contributed by atoms with E-state index in [1.54, 1.807) is 0 Å². The van der Waals surface area contributed by atoms with E-state index >= 15 is 0 Å². The van der Waals surface area contributed by atoms with Crippen molar-refractivity contribution in [3.8, 4) is 0 Å². The molecule has 0 saturated carbocycles. The van der Waals surface area contributed by atoms with Gasteiger partial charge < -0.3 is 4.43 Å². The zero-order valence-electron chi connectivity index (χ0n) is 6.14. The van der Waals surface area contributed by atoms with Gasteiger partial charge in [0, 0.05) is 6.61 Å². The molecule has 0 radical (unpaired) electrons. The highest BCUT2D eigenvalue weighted by Gasteiger charge is 2.24. The van der Waals surface area contributed by atoms with Gasteiger partial charge in [0.15, 0.2) is 8.32 Å². The summed E-state index contributed by atoms with van der Waals surface area (Å²) in [4.78, 5) is 0. The van der Waals surface area contributed by atoms with Gasteiger partial charge in [-0.2, -0.15) is 0 Å². The molecule has 1 rings (SSSR count). The first kappa shape index (κ1) is 9.47. The van der Waals surface area contributed by atoms with E-state index < -0.39 is 8.32 Å². The molecule has 0 aliphatic carbocycles. The van der Waals surface area contributed by atoms with Crippen molar-refractivity contribution >= 4 is 20.7 Å². The van der Waals surface area contributed by atoms with Gasteiger partial charge in [0.25, 0.3) is 0 Å². The number of hydrogen-bond donors (Lipinski definition) is 0. The monoisotopic (exact) mass is 166 g/mol. The van der Waals surface area contributed by atoms with Crippen LogP contribution < -0.4 is 0 Å². The summed E-state index contributed by atoms with van der Waals surface area (Å²) in [5.41, 5.74) is 0. The summed E-state index contributed by atoms with van der Waals surface area (Å²) < 4.78 is 5.60. The molecule has 0 spiro atoms. The normalized spacial score (nSPS) is 24.7. The fourth-order valence-electron chi connectivity index (χ4n) is 1.07. The summed E-state index contributed by atoms with van der Waals surface area (Å²) in [5, 5.41) is 0. The topological polar surface area (TPSA) is 9.23 Å². The Morgan fingerprint density at radius 2 is 1.89 bits per heavy atom. The summed E-state index contributed by atoms with van der Waals surface area (Å²) in [6, 6.07) is 1.37. The van der Waals surface area contributed by atoms with Gasteiger partial charge in [-0.3, -0.25) is 0 Å². The van der Waals surface area contributed by atoms with E-state index in [0.717, 1.165) is 6.61 Å². The molecule has 0 aromatic heterocycles. The van der Waals surface area contributed by atoms with E-state index in [1.807, 2.05) is 0 Å². The SMILES string of the molecule is C[Si]1(C)CCCCO1.Cl. The lowest BCUT2D eigenvalue weighted by Crippen LogP contribution is -2.33. The quantitative estimate of drug-likeness (QED) is 0.503. The smallest absolute Gasteiger partial charge is 0.186 e. The summed E-state index contributed by atoms with van der Waals surface area (Å²) >= 11 is 0. The lowest BCUT2D eigenvalue weighted by atomic mass is 10.4. The van der Waals surface area contributed by atoms with Crippen LogP contribution in [0.2, 0.25) is 19.1 Å². The van der Waals surface area contributed by atoms with Crippen LogP contribution in [0.15, 0.2) is 0 Å². The van der Waals surface area contributed by atoms with Crippen molar-refractivity contribution < 1.29 is 4.43 Å². The number of hydrogen-bond acceptors (Lipinski definition) is 1. The van der Waals surface area contributed by atoms with Crippen LogP contribution >= 0.6 is 12.4 Å². The van der Waals surface area contributed by atoms with E-state index in [1.165, 1.54) is 18.9 Å². The highest BCUT2D eigenvalue weighted by Crippen LogP contribution is 2.20. The predicted octanol–water partition coefficient (Wildman–Crippen LogP) is 2.42. The van der Waals surface area contributed by atoms with E-state index in [2.05, 4.69) is 13.1 Å². The molecule has 1 aliphatic heterocycles. The van der Waals surface area contributed by atoms with Crippen LogP contribution in [0.25, 0.3) is 0 Å². The molecule has 0 bridgehead atoms. The maximum Gasteiger partial charge on any atom is 0.186 e. The van der Waals surface area contributed by atoms with Gasteiger partial charge in [-0.15, -0.1) is 12.4 Å². The number of rotatable bonds is 0. The van der Waals surface area contributed by atoms with E-state index in [4.69, 9.17) is 4.43 Å². The second-order valence-corrected chi connectivity index (χ2v) is 7.37. The fraction of sp³-hybridized carbons (Fsp3) is 1.00. The maximum atomic E-state index is 5.60. The zero-order chi connectivity index (χ0) is 6.04. The molecule has 0 aromatic rings. The standard InChI is InChI=1S/C6H14OSi.ClH/c1-8(2)6-4-3-5-7-8;/h3-6H2,1-2H3;1H. The molecule has 3 heteroatoms. The van der Waals surface area contributed by atoms with Gasteiger partial charge in [0.05, 0.1) is 0 Å². The maximum absolute atomic E-state index is 5.60. The third-order valence-corrected chi connectivity index (χ3v) is 4.21. The average molecular weight is 167 g/mol. The lowest BCUT2D eigenvalue weighted by Gasteiger charge is -2.27. The molecule has 0 unspecified atom stereocenters. The second-order valence-electron chi connectivity index (χ2n) is 3.07. The van der Waals surface area contributed by atoms with E-state index in [9.17, 15) is 0 Å². The first-order valence-corrected chi connectivity index (χ1v) is 6.46. The van der Waals surface area contributed by atoms with Crippen molar-refractivity contribution in [2.75, 3.05) is 6.61 Å². The Morgan fingerprint density at radius 3 is 2.11 bits per heavy atom. The first-order valence-electron chi connectivity index (χ1n) is 3.35. The molecule has 1 saturated heterocycles. The molecule has 0 atom stereocenters. The van der Waals surface area contributed by atoms with Crippen molar-refractivity contribution in [2.45, 2.75) is 32.0 Å². The van der Waals surface area contributed by atoms with E-state index in [-0.39, 0.29) is 12.4 Å². The highest BCUT2D eigenvalue weighted by molar-refractivity contribution is 6.71. The molecule has 1 nitrogen and oxygen atoms in total. The van der Waals surface area contributed by atoms with Crippen LogP contribution in [0.3, 0.4) is 0 Å². The van der Waals surface area contributed by atoms with Crippen LogP contribution in [0.4, 0.5) is 0 Å². The summed E-state index contributed by atoms with van der Waals surface area (Å²) in [6.07, 6.45) is 2.69. The molecule has 0 amide bonds. The Bertz CT molecular complexity index is 77.1. The Labute approximate surface area is 64.3 Å². The van der Waals surface area contributed by atoms with Crippen molar-refractivity contribution in [3.63, 3.8) is 0 Å². The Morgan fingerprint density at radius 1 is 1.22 bits per heavy atom. The predicted molar refractivity (Wildman–Crippen MR) is 44.7 cm³/mol. The molecule has 9 heavy (non-hydrogen) atoms.